The molecule has 0 aromatic rings. The van der Waals surface area contributed by atoms with Gasteiger partial charge in [-0.15, -0.1) is 0 Å². The summed E-state index contributed by atoms with van der Waals surface area (Å²) < 4.78 is 0. The van der Waals surface area contributed by atoms with E-state index in [1.54, 1.807) is 0 Å². The standard InChI is InChI=1S/C9H15N/c1-9(2,3)8-5-4-7(8)6-10/h7-8H,4-5H2,1-3H3. The van der Waals surface area contributed by atoms with Gasteiger partial charge in [0, 0.05) is 5.92 Å². The molecule has 1 aliphatic rings. The lowest BCUT2D eigenvalue weighted by molar-refractivity contribution is 0.0919. The maximum absolute atomic E-state index is 8.67. The minimum absolute atomic E-state index is 0.346. The first-order chi connectivity index (χ1) is 4.55. The Morgan fingerprint density at radius 2 is 1.90 bits per heavy atom. The van der Waals surface area contributed by atoms with Gasteiger partial charge in [0.25, 0.3) is 0 Å². The maximum atomic E-state index is 8.67. The summed E-state index contributed by atoms with van der Waals surface area (Å²) in [5.41, 5.74) is 0.346. The summed E-state index contributed by atoms with van der Waals surface area (Å²) in [6.07, 6.45) is 2.38. The molecule has 2 unspecified atom stereocenters. The molecule has 1 rings (SSSR count). The second kappa shape index (κ2) is 2.27. The van der Waals surface area contributed by atoms with E-state index in [1.165, 1.54) is 6.42 Å². The summed E-state index contributed by atoms with van der Waals surface area (Å²) in [5, 5.41) is 8.67. The zero-order valence-electron chi connectivity index (χ0n) is 7.02. The van der Waals surface area contributed by atoms with Crippen LogP contribution in [0.5, 0.6) is 0 Å². The first kappa shape index (κ1) is 7.60. The van der Waals surface area contributed by atoms with E-state index in [0.29, 0.717) is 17.3 Å². The predicted octanol–water partition coefficient (Wildman–Crippen LogP) is 2.58. The van der Waals surface area contributed by atoms with Gasteiger partial charge in [-0.2, -0.15) is 5.26 Å². The number of nitriles is 1. The molecule has 0 spiro atoms. The van der Waals surface area contributed by atoms with Crippen molar-refractivity contribution in [1.29, 1.82) is 5.26 Å². The van der Waals surface area contributed by atoms with Gasteiger partial charge in [-0.1, -0.05) is 20.8 Å². The molecular weight excluding hydrogens is 122 g/mol. The molecule has 1 fully saturated rings. The van der Waals surface area contributed by atoms with E-state index in [9.17, 15) is 0 Å². The number of hydrogen-bond acceptors (Lipinski definition) is 1. The Balaban J connectivity index is 2.53. The quantitative estimate of drug-likeness (QED) is 0.503. The first-order valence-corrected chi connectivity index (χ1v) is 3.95. The lowest BCUT2D eigenvalue weighted by Gasteiger charge is -2.41. The van der Waals surface area contributed by atoms with Gasteiger partial charge in [0.1, 0.15) is 0 Å². The summed E-state index contributed by atoms with van der Waals surface area (Å²) in [5.74, 6) is 0.998. The van der Waals surface area contributed by atoms with Gasteiger partial charge < -0.3 is 0 Å². The fraction of sp³-hybridized carbons (Fsp3) is 0.889. The second-order valence-corrected chi connectivity index (χ2v) is 4.29. The first-order valence-electron chi connectivity index (χ1n) is 3.95. The van der Waals surface area contributed by atoms with Crippen LogP contribution < -0.4 is 0 Å². The molecule has 10 heavy (non-hydrogen) atoms. The fourth-order valence-electron chi connectivity index (χ4n) is 1.69. The largest absolute Gasteiger partial charge is 0.198 e. The lowest BCUT2D eigenvalue weighted by atomic mass is 9.62. The van der Waals surface area contributed by atoms with Crippen LogP contribution in [-0.4, -0.2) is 0 Å². The van der Waals surface area contributed by atoms with Crippen molar-refractivity contribution in [3.05, 3.63) is 0 Å². The Bertz CT molecular complexity index is 159. The third kappa shape index (κ3) is 1.16. The van der Waals surface area contributed by atoms with Crippen molar-refractivity contribution in [3.8, 4) is 6.07 Å². The van der Waals surface area contributed by atoms with Crippen LogP contribution in [0.15, 0.2) is 0 Å². The zero-order valence-corrected chi connectivity index (χ0v) is 7.02. The summed E-state index contributed by atoms with van der Waals surface area (Å²) in [7, 11) is 0. The van der Waals surface area contributed by atoms with E-state index in [-0.39, 0.29) is 0 Å². The van der Waals surface area contributed by atoms with E-state index in [2.05, 4.69) is 26.8 Å². The molecular formula is C9H15N. The van der Waals surface area contributed by atoms with Gasteiger partial charge in [0.05, 0.1) is 6.07 Å². The van der Waals surface area contributed by atoms with E-state index in [1.807, 2.05) is 0 Å². The third-order valence-electron chi connectivity index (χ3n) is 2.55. The molecule has 2 atom stereocenters. The SMILES string of the molecule is CC(C)(C)C1CCC1C#N. The lowest BCUT2D eigenvalue weighted by Crippen LogP contribution is -2.35. The molecule has 1 heteroatoms. The van der Waals surface area contributed by atoms with E-state index in [0.717, 1.165) is 6.42 Å². The van der Waals surface area contributed by atoms with E-state index >= 15 is 0 Å². The maximum Gasteiger partial charge on any atom is 0.0658 e. The Morgan fingerprint density at radius 1 is 1.30 bits per heavy atom. The van der Waals surface area contributed by atoms with E-state index < -0.39 is 0 Å². The normalized spacial score (nSPS) is 32.6. The van der Waals surface area contributed by atoms with Crippen LogP contribution in [0.2, 0.25) is 0 Å². The average Bonchev–Trinajstić information content (AvgIpc) is 1.57. The summed E-state index contributed by atoms with van der Waals surface area (Å²) in [6.45, 7) is 6.67. The van der Waals surface area contributed by atoms with Crippen molar-refractivity contribution in [2.75, 3.05) is 0 Å². The summed E-state index contributed by atoms with van der Waals surface area (Å²) >= 11 is 0. The zero-order chi connectivity index (χ0) is 7.78. The van der Waals surface area contributed by atoms with Gasteiger partial charge >= 0.3 is 0 Å². The summed E-state index contributed by atoms with van der Waals surface area (Å²) in [4.78, 5) is 0. The van der Waals surface area contributed by atoms with Gasteiger partial charge in [0.2, 0.25) is 0 Å². The molecule has 1 aliphatic carbocycles. The van der Waals surface area contributed by atoms with Crippen molar-refractivity contribution in [3.63, 3.8) is 0 Å². The van der Waals surface area contributed by atoms with Crippen molar-refractivity contribution >= 4 is 0 Å². The molecule has 0 aromatic heterocycles. The average molecular weight is 137 g/mol. The van der Waals surface area contributed by atoms with Crippen molar-refractivity contribution < 1.29 is 0 Å². The highest BCUT2D eigenvalue weighted by atomic mass is 14.4. The highest BCUT2D eigenvalue weighted by Gasteiger charge is 2.38. The van der Waals surface area contributed by atoms with Crippen molar-refractivity contribution in [2.45, 2.75) is 33.6 Å². The molecule has 0 heterocycles. The number of hydrogen-bond donors (Lipinski definition) is 0. The van der Waals surface area contributed by atoms with Crippen LogP contribution in [0.3, 0.4) is 0 Å². The summed E-state index contributed by atoms with van der Waals surface area (Å²) in [6, 6.07) is 2.36. The Hall–Kier alpha value is -0.510. The van der Waals surface area contributed by atoms with Crippen molar-refractivity contribution in [2.24, 2.45) is 17.3 Å². The second-order valence-electron chi connectivity index (χ2n) is 4.29. The molecule has 0 aliphatic heterocycles. The minimum Gasteiger partial charge on any atom is -0.198 e. The Kier molecular flexibility index (Phi) is 1.72. The van der Waals surface area contributed by atoms with Crippen LogP contribution in [0.1, 0.15) is 33.6 Å². The fourth-order valence-corrected chi connectivity index (χ4v) is 1.69. The topological polar surface area (TPSA) is 23.8 Å². The minimum atomic E-state index is 0.346. The van der Waals surface area contributed by atoms with Crippen LogP contribution in [0.25, 0.3) is 0 Å². The van der Waals surface area contributed by atoms with Gasteiger partial charge in [-0.25, -0.2) is 0 Å². The molecule has 56 valence electrons. The monoisotopic (exact) mass is 137 g/mol. The van der Waals surface area contributed by atoms with Gasteiger partial charge in [-0.3, -0.25) is 0 Å². The molecule has 0 amide bonds. The molecule has 0 aromatic carbocycles. The molecule has 1 saturated carbocycles. The molecule has 0 saturated heterocycles. The van der Waals surface area contributed by atoms with Crippen LogP contribution in [0.4, 0.5) is 0 Å². The van der Waals surface area contributed by atoms with Gasteiger partial charge in [-0.05, 0) is 24.2 Å². The highest BCUT2D eigenvalue weighted by Crippen LogP contribution is 2.45. The molecule has 0 N–H and O–H groups in total. The Morgan fingerprint density at radius 3 is 2.00 bits per heavy atom. The van der Waals surface area contributed by atoms with Crippen LogP contribution in [0, 0.1) is 28.6 Å². The van der Waals surface area contributed by atoms with Crippen LogP contribution in [-0.2, 0) is 0 Å². The Labute approximate surface area is 63.0 Å². The molecule has 0 bridgehead atoms. The predicted molar refractivity (Wildman–Crippen MR) is 41.3 cm³/mol. The third-order valence-corrected chi connectivity index (χ3v) is 2.55. The van der Waals surface area contributed by atoms with E-state index in [4.69, 9.17) is 5.26 Å². The number of rotatable bonds is 0. The molecule has 0 radical (unpaired) electrons. The van der Waals surface area contributed by atoms with Crippen molar-refractivity contribution in [1.82, 2.24) is 0 Å². The number of nitrogens with zero attached hydrogens (tertiary/aromatic N) is 1. The van der Waals surface area contributed by atoms with Gasteiger partial charge in [0.15, 0.2) is 0 Å². The molecule has 1 nitrogen and oxygen atoms in total. The highest BCUT2D eigenvalue weighted by molar-refractivity contribution is 4.99. The smallest absolute Gasteiger partial charge is 0.0658 e. The van der Waals surface area contributed by atoms with Crippen LogP contribution >= 0.6 is 0 Å².